The van der Waals surface area contributed by atoms with Gasteiger partial charge in [0.25, 0.3) is 0 Å². The summed E-state index contributed by atoms with van der Waals surface area (Å²) in [5, 5.41) is 9.88. The quantitative estimate of drug-likeness (QED) is 0.843. The molecule has 1 N–H and O–H groups in total. The van der Waals surface area contributed by atoms with Crippen LogP contribution in [0.15, 0.2) is 57.2 Å². The Kier molecular flexibility index (Phi) is 5.57. The molecule has 4 rings (SSSR count). The normalized spacial score (nSPS) is 16.1. The van der Waals surface area contributed by atoms with E-state index in [1.54, 1.807) is 23.9 Å². The number of aromatic hydroxyl groups is 1. The molecule has 0 atom stereocenters. The fourth-order valence-electron chi connectivity index (χ4n) is 3.60. The van der Waals surface area contributed by atoms with Gasteiger partial charge in [-0.15, -0.1) is 0 Å². The van der Waals surface area contributed by atoms with Crippen molar-refractivity contribution in [1.82, 2.24) is 9.80 Å². The van der Waals surface area contributed by atoms with Crippen LogP contribution in [0, 0.1) is 0 Å². The van der Waals surface area contributed by atoms with Gasteiger partial charge in [0.15, 0.2) is 0 Å². The molecule has 6 heteroatoms. The molecule has 0 unspecified atom stereocenters. The number of rotatable bonds is 3. The summed E-state index contributed by atoms with van der Waals surface area (Å²) in [4.78, 5) is 23.7. The number of carbonyl (C=O) groups excluding carboxylic acids is 1. The number of amidine groups is 1. The van der Waals surface area contributed by atoms with Crippen LogP contribution in [0.1, 0.15) is 31.7 Å². The third-order valence-corrected chi connectivity index (χ3v) is 6.32. The summed E-state index contributed by atoms with van der Waals surface area (Å²) in [5.41, 5.74) is 1.98. The molecule has 2 aromatic rings. The maximum absolute atomic E-state index is 12.3. The van der Waals surface area contributed by atoms with E-state index in [4.69, 9.17) is 4.99 Å². The lowest BCUT2D eigenvalue weighted by molar-refractivity contribution is -0.132. The summed E-state index contributed by atoms with van der Waals surface area (Å²) in [6, 6.07) is 13.6. The molecule has 28 heavy (non-hydrogen) atoms. The van der Waals surface area contributed by atoms with Gasteiger partial charge in [0.1, 0.15) is 11.6 Å². The highest BCUT2D eigenvalue weighted by Gasteiger charge is 2.26. The lowest BCUT2D eigenvalue weighted by Crippen LogP contribution is -2.50. The predicted molar refractivity (Wildman–Crippen MR) is 113 cm³/mol. The van der Waals surface area contributed by atoms with Gasteiger partial charge in [-0.1, -0.05) is 43.3 Å². The Hall–Kier alpha value is -2.47. The Morgan fingerprint density at radius 1 is 1.11 bits per heavy atom. The van der Waals surface area contributed by atoms with Gasteiger partial charge in [-0.3, -0.25) is 4.79 Å². The van der Waals surface area contributed by atoms with Crippen molar-refractivity contribution in [2.45, 2.75) is 36.0 Å². The lowest BCUT2D eigenvalue weighted by atomic mass is 10.1. The number of hydrogen-bond donors (Lipinski definition) is 1. The molecule has 0 aliphatic carbocycles. The standard InChI is InChI=1S/C22H25N3O2S/c1-2-3-8-21(27)24-11-13-25(14-12-24)22-17-6-4-5-7-19(17)28-20-15-16(26)9-10-18(20)23-22/h4-7,9-10,15,26H,2-3,8,11-14H2,1H3. The van der Waals surface area contributed by atoms with Gasteiger partial charge in [-0.2, -0.15) is 0 Å². The molecule has 0 aromatic heterocycles. The Bertz CT molecular complexity index is 904. The second kappa shape index (κ2) is 8.27. The van der Waals surface area contributed by atoms with Crippen LogP contribution in [-0.4, -0.2) is 52.8 Å². The summed E-state index contributed by atoms with van der Waals surface area (Å²) in [5.74, 6) is 1.47. The minimum absolute atomic E-state index is 0.251. The van der Waals surface area contributed by atoms with Gasteiger partial charge < -0.3 is 14.9 Å². The minimum Gasteiger partial charge on any atom is -0.508 e. The summed E-state index contributed by atoms with van der Waals surface area (Å²) in [6.07, 6.45) is 2.65. The molecule has 0 radical (unpaired) electrons. The van der Waals surface area contributed by atoms with E-state index in [-0.39, 0.29) is 11.7 Å². The topological polar surface area (TPSA) is 56.1 Å². The summed E-state index contributed by atoms with van der Waals surface area (Å²) in [6.45, 7) is 5.15. The second-order valence-electron chi connectivity index (χ2n) is 7.16. The third kappa shape index (κ3) is 3.87. The van der Waals surface area contributed by atoms with Gasteiger partial charge in [0, 0.05) is 48.0 Å². The number of hydrogen-bond acceptors (Lipinski definition) is 5. The van der Waals surface area contributed by atoms with Crippen molar-refractivity contribution in [2.24, 2.45) is 4.99 Å². The van der Waals surface area contributed by atoms with Crippen LogP contribution in [-0.2, 0) is 4.79 Å². The van der Waals surface area contributed by atoms with Crippen molar-refractivity contribution in [3.05, 3.63) is 48.0 Å². The first kappa shape index (κ1) is 18.9. The van der Waals surface area contributed by atoms with E-state index in [9.17, 15) is 9.90 Å². The summed E-state index contributed by atoms with van der Waals surface area (Å²) >= 11 is 1.63. The number of nitrogens with zero attached hydrogens (tertiary/aromatic N) is 3. The smallest absolute Gasteiger partial charge is 0.222 e. The van der Waals surface area contributed by atoms with E-state index in [2.05, 4.69) is 24.0 Å². The van der Waals surface area contributed by atoms with Crippen molar-refractivity contribution < 1.29 is 9.90 Å². The fourth-order valence-corrected chi connectivity index (χ4v) is 4.66. The Morgan fingerprint density at radius 2 is 1.89 bits per heavy atom. The van der Waals surface area contributed by atoms with E-state index >= 15 is 0 Å². The van der Waals surface area contributed by atoms with Crippen LogP contribution < -0.4 is 0 Å². The first-order valence-electron chi connectivity index (χ1n) is 9.87. The molecule has 1 amide bonds. The zero-order valence-electron chi connectivity index (χ0n) is 16.1. The van der Waals surface area contributed by atoms with E-state index in [0.29, 0.717) is 6.42 Å². The fraction of sp³-hybridized carbons (Fsp3) is 0.364. The molecule has 2 aromatic carbocycles. The summed E-state index contributed by atoms with van der Waals surface area (Å²) < 4.78 is 0. The zero-order valence-corrected chi connectivity index (χ0v) is 16.9. The average molecular weight is 396 g/mol. The van der Waals surface area contributed by atoms with E-state index in [0.717, 1.165) is 65.9 Å². The van der Waals surface area contributed by atoms with Crippen molar-refractivity contribution in [1.29, 1.82) is 0 Å². The maximum atomic E-state index is 12.3. The summed E-state index contributed by atoms with van der Waals surface area (Å²) in [7, 11) is 0. The largest absolute Gasteiger partial charge is 0.508 e. The van der Waals surface area contributed by atoms with Crippen LogP contribution in [0.4, 0.5) is 5.69 Å². The number of amides is 1. The lowest BCUT2D eigenvalue weighted by Gasteiger charge is -2.36. The molecule has 2 aliphatic heterocycles. The minimum atomic E-state index is 0.251. The highest BCUT2D eigenvalue weighted by molar-refractivity contribution is 7.99. The van der Waals surface area contributed by atoms with Crippen LogP contribution in [0.2, 0.25) is 0 Å². The van der Waals surface area contributed by atoms with Gasteiger partial charge in [0.2, 0.25) is 5.91 Å². The van der Waals surface area contributed by atoms with Crippen LogP contribution in [0.3, 0.4) is 0 Å². The van der Waals surface area contributed by atoms with Gasteiger partial charge in [0.05, 0.1) is 5.69 Å². The van der Waals surface area contributed by atoms with Crippen LogP contribution in [0.25, 0.3) is 0 Å². The molecule has 1 saturated heterocycles. The number of aliphatic imine (C=N–C) groups is 1. The monoisotopic (exact) mass is 395 g/mol. The Labute approximate surface area is 170 Å². The number of piperazine rings is 1. The first-order valence-corrected chi connectivity index (χ1v) is 10.7. The molecular weight excluding hydrogens is 370 g/mol. The molecule has 2 heterocycles. The van der Waals surface area contributed by atoms with Gasteiger partial charge in [-0.25, -0.2) is 4.99 Å². The first-order chi connectivity index (χ1) is 13.7. The zero-order chi connectivity index (χ0) is 19.5. The predicted octanol–water partition coefficient (Wildman–Crippen LogP) is 4.27. The number of fused-ring (bicyclic) bond motifs is 2. The SMILES string of the molecule is CCCCC(=O)N1CCN(C2=Nc3ccc(O)cc3Sc3ccccc32)CC1. The highest BCUT2D eigenvalue weighted by Crippen LogP contribution is 2.42. The maximum Gasteiger partial charge on any atom is 0.222 e. The molecule has 0 spiro atoms. The van der Waals surface area contributed by atoms with E-state index in [1.165, 1.54) is 0 Å². The van der Waals surface area contributed by atoms with Crippen molar-refractivity contribution in [2.75, 3.05) is 26.2 Å². The molecule has 1 fully saturated rings. The highest BCUT2D eigenvalue weighted by atomic mass is 32.2. The molecule has 146 valence electrons. The van der Waals surface area contributed by atoms with Crippen LogP contribution in [0.5, 0.6) is 5.75 Å². The Morgan fingerprint density at radius 3 is 2.68 bits per heavy atom. The van der Waals surface area contributed by atoms with E-state index in [1.807, 2.05) is 23.1 Å². The Balaban J connectivity index is 1.60. The number of carbonyl (C=O) groups is 1. The number of unbranched alkanes of at least 4 members (excludes halogenated alkanes) is 1. The van der Waals surface area contributed by atoms with Crippen molar-refractivity contribution >= 4 is 29.2 Å². The average Bonchev–Trinajstić information content (AvgIpc) is 2.88. The number of phenols is 1. The third-order valence-electron chi connectivity index (χ3n) is 5.19. The molecule has 0 bridgehead atoms. The van der Waals surface area contributed by atoms with Crippen molar-refractivity contribution in [3.8, 4) is 5.75 Å². The van der Waals surface area contributed by atoms with Gasteiger partial charge >= 0.3 is 0 Å². The van der Waals surface area contributed by atoms with Crippen LogP contribution >= 0.6 is 11.8 Å². The number of benzene rings is 2. The molecule has 2 aliphatic rings. The van der Waals surface area contributed by atoms with E-state index < -0.39 is 0 Å². The second-order valence-corrected chi connectivity index (χ2v) is 8.24. The van der Waals surface area contributed by atoms with Gasteiger partial charge in [-0.05, 0) is 30.7 Å². The molecular formula is C22H25N3O2S. The van der Waals surface area contributed by atoms with Crippen molar-refractivity contribution in [3.63, 3.8) is 0 Å². The molecule has 5 nitrogen and oxygen atoms in total. The number of phenolic OH excluding ortho intramolecular Hbond substituents is 1. The molecule has 0 saturated carbocycles.